The molecule has 3 N–H and O–H groups in total. The van der Waals surface area contributed by atoms with Crippen molar-refractivity contribution in [2.24, 2.45) is 5.92 Å². The predicted octanol–water partition coefficient (Wildman–Crippen LogP) is 4.40. The Bertz CT molecular complexity index is 1360. The second kappa shape index (κ2) is 15.0. The van der Waals surface area contributed by atoms with Crippen molar-refractivity contribution in [1.29, 1.82) is 0 Å². The Hall–Kier alpha value is -3.43. The number of nitrogens with one attached hydrogen (secondary N) is 2. The van der Waals surface area contributed by atoms with Gasteiger partial charge in [0.2, 0.25) is 17.7 Å². The number of para-hydroxylation sites is 1. The molecular formula is C37H51N4O5-. The fraction of sp³-hybridized carbons (Fsp3) is 0.595. The number of ether oxygens (including phenoxy) is 1. The van der Waals surface area contributed by atoms with E-state index >= 15 is 0 Å². The van der Waals surface area contributed by atoms with Gasteiger partial charge in [0.1, 0.15) is 17.8 Å². The van der Waals surface area contributed by atoms with Crippen molar-refractivity contribution >= 4 is 17.7 Å². The second-order valence-corrected chi connectivity index (χ2v) is 14.0. The number of likely N-dealkylation sites (N-methyl/N-ethyl adjacent to an activating group) is 1. The SMILES string of the molecule is Cc1ccc(C[C@H]2NC(=O)[C@H](C(C)(C)O)N(C)C(=O)[C@H](C3CCCCC3)[N-]CC3CCc4cccc(c4O3)CCCNC2=O)cc1. The van der Waals surface area contributed by atoms with Crippen molar-refractivity contribution in [1.82, 2.24) is 15.5 Å². The molecule has 2 aromatic rings. The standard InChI is InChI=1S/C37H51N4O5/c1-24-15-17-25(18-16-24)22-30-34(42)38-21-9-14-27-12-8-13-28-19-20-29(46-32(27)28)23-39-31(26-10-6-5-7-11-26)36(44)41(4)33(35(43)40-30)37(2,3)45/h8,12-13,15-18,26,29-31,33,45H,5-7,9-11,14,19-23H2,1-4H3,(H,38,42)(H,40,43)/q-1/t29?,30-,31+,33-/m1/s1. The van der Waals surface area contributed by atoms with E-state index in [1.54, 1.807) is 7.05 Å². The highest BCUT2D eigenvalue weighted by atomic mass is 16.5. The van der Waals surface area contributed by atoms with Crippen molar-refractivity contribution in [3.05, 3.63) is 70.0 Å². The first-order valence-electron chi connectivity index (χ1n) is 17.1. The predicted molar refractivity (Wildman–Crippen MR) is 179 cm³/mol. The molecule has 0 saturated heterocycles. The molecule has 0 spiro atoms. The smallest absolute Gasteiger partial charge is 0.246 e. The minimum atomic E-state index is -1.58. The van der Waals surface area contributed by atoms with E-state index in [1.807, 2.05) is 31.2 Å². The van der Waals surface area contributed by atoms with Crippen LogP contribution in [0.3, 0.4) is 0 Å². The lowest BCUT2D eigenvalue weighted by molar-refractivity contribution is -0.149. The first-order chi connectivity index (χ1) is 22.0. The van der Waals surface area contributed by atoms with E-state index in [2.05, 4.69) is 28.8 Å². The van der Waals surface area contributed by atoms with Gasteiger partial charge in [-0.05, 0) is 69.1 Å². The molecule has 2 aromatic carbocycles. The Balaban J connectivity index is 1.48. The van der Waals surface area contributed by atoms with Crippen molar-refractivity contribution in [3.63, 3.8) is 0 Å². The topological polar surface area (TPSA) is 122 Å². The molecule has 0 radical (unpaired) electrons. The largest absolute Gasteiger partial charge is 0.648 e. The van der Waals surface area contributed by atoms with E-state index in [9.17, 15) is 19.5 Å². The van der Waals surface area contributed by atoms with Crippen LogP contribution in [-0.4, -0.2) is 77.7 Å². The molecule has 4 atom stereocenters. The Morgan fingerprint density at radius 3 is 2.33 bits per heavy atom. The summed E-state index contributed by atoms with van der Waals surface area (Å²) in [7, 11) is 1.57. The summed E-state index contributed by atoms with van der Waals surface area (Å²) in [4.78, 5) is 43.4. The van der Waals surface area contributed by atoms with Crippen LogP contribution in [0.1, 0.15) is 81.0 Å². The normalized spacial score (nSPS) is 25.9. The van der Waals surface area contributed by atoms with Gasteiger partial charge in [-0.15, -0.1) is 6.54 Å². The Morgan fingerprint density at radius 2 is 1.63 bits per heavy atom. The lowest BCUT2D eigenvalue weighted by Crippen LogP contribution is -2.62. The van der Waals surface area contributed by atoms with E-state index in [1.165, 1.54) is 24.3 Å². The number of hydrogen-bond acceptors (Lipinski definition) is 5. The molecule has 2 heterocycles. The summed E-state index contributed by atoms with van der Waals surface area (Å²) < 4.78 is 6.55. The molecule has 3 amide bonds. The number of rotatable bonds is 4. The highest BCUT2D eigenvalue weighted by Gasteiger charge is 2.42. The zero-order valence-electron chi connectivity index (χ0n) is 27.9. The lowest BCUT2D eigenvalue weighted by atomic mass is 9.82. The van der Waals surface area contributed by atoms with Crippen molar-refractivity contribution in [3.8, 4) is 5.75 Å². The van der Waals surface area contributed by atoms with Crippen LogP contribution in [0.2, 0.25) is 0 Å². The van der Waals surface area contributed by atoms with Crippen LogP contribution in [0.25, 0.3) is 5.32 Å². The molecule has 2 bridgehead atoms. The summed E-state index contributed by atoms with van der Waals surface area (Å²) in [6.45, 7) is 5.87. The highest BCUT2D eigenvalue weighted by Crippen LogP contribution is 2.35. The number of carbonyl (C=O) groups excluding carboxylic acids is 3. The number of aliphatic hydroxyl groups is 1. The Labute approximate surface area is 273 Å². The molecule has 5 rings (SSSR count). The molecule has 9 heteroatoms. The number of aryl methyl sites for hydroxylation is 3. The molecule has 1 saturated carbocycles. The fourth-order valence-corrected chi connectivity index (χ4v) is 7.30. The third-order valence-electron chi connectivity index (χ3n) is 9.82. The van der Waals surface area contributed by atoms with Crippen LogP contribution in [0.5, 0.6) is 5.75 Å². The maximum absolute atomic E-state index is 14.3. The van der Waals surface area contributed by atoms with Crippen LogP contribution in [0.15, 0.2) is 42.5 Å². The first-order valence-corrected chi connectivity index (χ1v) is 17.1. The zero-order valence-corrected chi connectivity index (χ0v) is 27.9. The molecule has 9 nitrogen and oxygen atoms in total. The average Bonchev–Trinajstić information content (AvgIpc) is 3.03. The van der Waals surface area contributed by atoms with Gasteiger partial charge < -0.3 is 30.7 Å². The summed E-state index contributed by atoms with van der Waals surface area (Å²) in [5.74, 6) is -0.195. The van der Waals surface area contributed by atoms with Gasteiger partial charge in [-0.25, -0.2) is 0 Å². The molecule has 1 aliphatic carbocycles. The third kappa shape index (κ3) is 8.28. The number of hydrogen-bond donors (Lipinski definition) is 3. The molecular weight excluding hydrogens is 580 g/mol. The van der Waals surface area contributed by atoms with E-state index in [-0.39, 0.29) is 30.3 Å². The summed E-state index contributed by atoms with van der Waals surface area (Å²) in [5, 5.41) is 22.3. The van der Waals surface area contributed by atoms with E-state index in [0.29, 0.717) is 19.5 Å². The van der Waals surface area contributed by atoms with Crippen molar-refractivity contribution < 1.29 is 24.2 Å². The van der Waals surface area contributed by atoms with Crippen LogP contribution < -0.4 is 15.4 Å². The number of amides is 3. The van der Waals surface area contributed by atoms with Gasteiger partial charge in [-0.2, -0.15) is 0 Å². The molecule has 1 fully saturated rings. The molecule has 3 aliphatic rings. The minimum absolute atomic E-state index is 0.0614. The van der Waals surface area contributed by atoms with Crippen LogP contribution in [-0.2, 0) is 33.6 Å². The summed E-state index contributed by atoms with van der Waals surface area (Å²) >= 11 is 0. The van der Waals surface area contributed by atoms with E-state index in [4.69, 9.17) is 10.1 Å². The summed E-state index contributed by atoms with van der Waals surface area (Å²) in [6.07, 6.45) is 8.26. The summed E-state index contributed by atoms with van der Waals surface area (Å²) in [6, 6.07) is 11.3. The maximum Gasteiger partial charge on any atom is 0.246 e. The zero-order chi connectivity index (χ0) is 32.8. The molecule has 46 heavy (non-hydrogen) atoms. The summed E-state index contributed by atoms with van der Waals surface area (Å²) in [5.41, 5.74) is 2.70. The van der Waals surface area contributed by atoms with Gasteiger partial charge in [0.15, 0.2) is 0 Å². The molecule has 0 aromatic heterocycles. The molecule has 1 unspecified atom stereocenters. The second-order valence-electron chi connectivity index (χ2n) is 14.0. The highest BCUT2D eigenvalue weighted by molar-refractivity contribution is 5.94. The van der Waals surface area contributed by atoms with Gasteiger partial charge in [-0.1, -0.05) is 86.2 Å². The van der Waals surface area contributed by atoms with Crippen LogP contribution in [0.4, 0.5) is 0 Å². The van der Waals surface area contributed by atoms with Gasteiger partial charge in [0, 0.05) is 20.0 Å². The van der Waals surface area contributed by atoms with Crippen LogP contribution in [0, 0.1) is 12.8 Å². The van der Waals surface area contributed by atoms with Crippen molar-refractivity contribution in [2.45, 2.75) is 115 Å². The number of nitrogens with zero attached hydrogens (tertiary/aromatic N) is 2. The first kappa shape index (κ1) is 33.9. The number of carbonyl (C=O) groups is 3. The lowest BCUT2D eigenvalue weighted by Gasteiger charge is -2.46. The Kier molecular flexibility index (Phi) is 11.1. The van der Waals surface area contributed by atoms with E-state index in [0.717, 1.165) is 73.8 Å². The quantitative estimate of drug-likeness (QED) is 0.462. The number of benzene rings is 2. The maximum atomic E-state index is 14.3. The van der Waals surface area contributed by atoms with Gasteiger partial charge in [-0.3, -0.25) is 14.4 Å². The Morgan fingerprint density at radius 1 is 0.935 bits per heavy atom. The van der Waals surface area contributed by atoms with Gasteiger partial charge >= 0.3 is 0 Å². The fourth-order valence-electron chi connectivity index (χ4n) is 7.30. The third-order valence-corrected chi connectivity index (χ3v) is 9.82. The monoisotopic (exact) mass is 631 g/mol. The number of fused-ring (bicyclic) bond motifs is 1. The molecule has 2 aliphatic heterocycles. The van der Waals surface area contributed by atoms with Crippen molar-refractivity contribution in [2.75, 3.05) is 20.1 Å². The average molecular weight is 632 g/mol. The van der Waals surface area contributed by atoms with Crippen LogP contribution >= 0.6 is 0 Å². The van der Waals surface area contributed by atoms with E-state index < -0.39 is 29.6 Å². The minimum Gasteiger partial charge on any atom is -0.648 e. The van der Waals surface area contributed by atoms with Gasteiger partial charge in [0.05, 0.1) is 11.7 Å². The molecule has 250 valence electrons. The van der Waals surface area contributed by atoms with Gasteiger partial charge in [0.25, 0.3) is 0 Å².